The van der Waals surface area contributed by atoms with E-state index in [2.05, 4.69) is 19.0 Å². The lowest BCUT2D eigenvalue weighted by Crippen LogP contribution is -2.34. The van der Waals surface area contributed by atoms with Crippen LogP contribution in [0.1, 0.15) is 19.3 Å². The highest BCUT2D eigenvalue weighted by Gasteiger charge is 2.29. The maximum atomic E-state index is 13.3. The van der Waals surface area contributed by atoms with Gasteiger partial charge in [0, 0.05) is 24.7 Å². The molecule has 1 aliphatic heterocycles. The molecule has 1 atom stereocenters. The molecule has 2 aromatic rings. The molecule has 2 aromatic carbocycles. The minimum atomic E-state index is -3.50. The smallest absolute Gasteiger partial charge is 0.243 e. The molecule has 0 radical (unpaired) electrons. The first-order chi connectivity index (χ1) is 12.0. The Morgan fingerprint density at radius 2 is 1.60 bits per heavy atom. The van der Waals surface area contributed by atoms with Gasteiger partial charge in [0.05, 0.1) is 4.90 Å². The van der Waals surface area contributed by atoms with Crippen LogP contribution in [-0.2, 0) is 10.0 Å². The van der Waals surface area contributed by atoms with Crippen molar-refractivity contribution >= 4 is 10.0 Å². The van der Waals surface area contributed by atoms with E-state index < -0.39 is 10.0 Å². The van der Waals surface area contributed by atoms with Gasteiger partial charge in [-0.1, -0.05) is 48.5 Å². The highest BCUT2D eigenvalue weighted by atomic mass is 32.2. The molecule has 0 saturated carbocycles. The summed E-state index contributed by atoms with van der Waals surface area (Å²) in [6, 6.07) is 17.5. The summed E-state index contributed by atoms with van der Waals surface area (Å²) in [5.41, 5.74) is 1.71. The third kappa shape index (κ3) is 3.94. The van der Waals surface area contributed by atoms with Crippen molar-refractivity contribution in [2.45, 2.75) is 30.2 Å². The average Bonchev–Trinajstić information content (AvgIpc) is 2.89. The van der Waals surface area contributed by atoms with Crippen LogP contribution in [0.4, 0.5) is 0 Å². The highest BCUT2D eigenvalue weighted by molar-refractivity contribution is 7.89. The topological polar surface area (TPSA) is 40.6 Å². The van der Waals surface area contributed by atoms with Gasteiger partial charge >= 0.3 is 0 Å². The molecular weight excluding hydrogens is 332 g/mol. The molecule has 3 rings (SSSR count). The molecule has 0 aliphatic carbocycles. The molecule has 134 valence electrons. The van der Waals surface area contributed by atoms with E-state index >= 15 is 0 Å². The minimum absolute atomic E-state index is 0.407. The van der Waals surface area contributed by atoms with Crippen molar-refractivity contribution in [3.63, 3.8) is 0 Å². The molecule has 1 aliphatic rings. The number of nitrogens with zero attached hydrogens (tertiary/aromatic N) is 2. The van der Waals surface area contributed by atoms with Gasteiger partial charge in [-0.15, -0.1) is 0 Å². The molecule has 0 bridgehead atoms. The predicted octanol–water partition coefficient (Wildman–Crippen LogP) is 3.46. The summed E-state index contributed by atoms with van der Waals surface area (Å²) in [6.45, 7) is 1.17. The Bertz CT molecular complexity index is 803. The third-order valence-corrected chi connectivity index (χ3v) is 6.93. The molecule has 0 aromatic heterocycles. The number of hydrogen-bond acceptors (Lipinski definition) is 3. The summed E-state index contributed by atoms with van der Waals surface area (Å²) in [6.07, 6.45) is 2.81. The van der Waals surface area contributed by atoms with E-state index in [9.17, 15) is 8.42 Å². The van der Waals surface area contributed by atoms with Crippen molar-refractivity contribution in [2.24, 2.45) is 0 Å². The molecule has 0 N–H and O–H groups in total. The van der Waals surface area contributed by atoms with Gasteiger partial charge in [-0.3, -0.25) is 0 Å². The highest BCUT2D eigenvalue weighted by Crippen LogP contribution is 2.30. The second kappa shape index (κ2) is 7.68. The SMILES string of the molecule is CN(C)C1CCCN(S(=O)(=O)c2ccccc2-c2ccccc2)CC1. The maximum absolute atomic E-state index is 13.3. The average molecular weight is 359 g/mol. The third-order valence-electron chi connectivity index (χ3n) is 4.98. The first-order valence-electron chi connectivity index (χ1n) is 8.81. The molecule has 0 spiro atoms. The Labute approximate surface area is 151 Å². The molecule has 5 heteroatoms. The monoisotopic (exact) mass is 358 g/mol. The molecule has 4 nitrogen and oxygen atoms in total. The van der Waals surface area contributed by atoms with Crippen LogP contribution in [0, 0.1) is 0 Å². The Balaban J connectivity index is 1.93. The van der Waals surface area contributed by atoms with Crippen LogP contribution < -0.4 is 0 Å². The van der Waals surface area contributed by atoms with Crippen LogP contribution in [0.25, 0.3) is 11.1 Å². The van der Waals surface area contributed by atoms with Gasteiger partial charge in [0.1, 0.15) is 0 Å². The van der Waals surface area contributed by atoms with E-state index in [1.54, 1.807) is 16.4 Å². The van der Waals surface area contributed by atoms with E-state index in [1.165, 1.54) is 0 Å². The first kappa shape index (κ1) is 18.1. The zero-order chi connectivity index (χ0) is 17.9. The Hall–Kier alpha value is -1.69. The van der Waals surface area contributed by atoms with Crippen molar-refractivity contribution in [3.05, 3.63) is 54.6 Å². The van der Waals surface area contributed by atoms with Crippen LogP contribution in [0.2, 0.25) is 0 Å². The number of sulfonamides is 1. The first-order valence-corrected chi connectivity index (χ1v) is 10.2. The van der Waals surface area contributed by atoms with Crippen LogP contribution in [-0.4, -0.2) is 50.8 Å². The summed E-state index contributed by atoms with van der Waals surface area (Å²) in [4.78, 5) is 2.61. The van der Waals surface area contributed by atoms with Gasteiger partial charge in [0.15, 0.2) is 0 Å². The standard InChI is InChI=1S/C20H26N2O2S/c1-21(2)18-11-8-15-22(16-14-18)25(23,24)20-13-7-6-12-19(20)17-9-4-3-5-10-17/h3-7,9-10,12-13,18H,8,11,14-16H2,1-2H3. The number of benzene rings is 2. The Morgan fingerprint density at radius 3 is 2.32 bits per heavy atom. The largest absolute Gasteiger partial charge is 0.306 e. The molecule has 0 amide bonds. The predicted molar refractivity (Wildman–Crippen MR) is 102 cm³/mol. The number of rotatable bonds is 4. The Morgan fingerprint density at radius 1 is 0.920 bits per heavy atom. The molecular formula is C20H26N2O2S. The lowest BCUT2D eigenvalue weighted by atomic mass is 10.1. The van der Waals surface area contributed by atoms with Gasteiger partial charge in [0.2, 0.25) is 10.0 Å². The van der Waals surface area contributed by atoms with Gasteiger partial charge in [-0.2, -0.15) is 4.31 Å². The zero-order valence-corrected chi connectivity index (χ0v) is 15.7. The lowest BCUT2D eigenvalue weighted by Gasteiger charge is -2.24. The van der Waals surface area contributed by atoms with Crippen molar-refractivity contribution < 1.29 is 8.42 Å². The summed E-state index contributed by atoms with van der Waals surface area (Å²) < 4.78 is 28.3. The zero-order valence-electron chi connectivity index (χ0n) is 14.9. The summed E-state index contributed by atoms with van der Waals surface area (Å²) in [5, 5.41) is 0. The summed E-state index contributed by atoms with van der Waals surface area (Å²) in [7, 11) is 0.639. The van der Waals surface area contributed by atoms with Crippen LogP contribution in [0.15, 0.2) is 59.5 Å². The fourth-order valence-corrected chi connectivity index (χ4v) is 5.20. The van der Waals surface area contributed by atoms with E-state index in [0.717, 1.165) is 30.4 Å². The van der Waals surface area contributed by atoms with E-state index in [4.69, 9.17) is 0 Å². The lowest BCUT2D eigenvalue weighted by molar-refractivity contribution is 0.268. The molecule has 1 unspecified atom stereocenters. The summed E-state index contributed by atoms with van der Waals surface area (Å²) in [5.74, 6) is 0. The second-order valence-corrected chi connectivity index (χ2v) is 8.72. The van der Waals surface area contributed by atoms with E-state index in [1.807, 2.05) is 42.5 Å². The van der Waals surface area contributed by atoms with Gasteiger partial charge in [-0.05, 0) is 45.0 Å². The van der Waals surface area contributed by atoms with Gasteiger partial charge < -0.3 is 4.90 Å². The fraction of sp³-hybridized carbons (Fsp3) is 0.400. The van der Waals surface area contributed by atoms with Crippen molar-refractivity contribution in [1.29, 1.82) is 0 Å². The fourth-order valence-electron chi connectivity index (χ4n) is 3.50. The van der Waals surface area contributed by atoms with E-state index in [-0.39, 0.29) is 0 Å². The number of hydrogen-bond donors (Lipinski definition) is 0. The normalized spacial score (nSPS) is 19.7. The maximum Gasteiger partial charge on any atom is 0.243 e. The van der Waals surface area contributed by atoms with Crippen molar-refractivity contribution in [1.82, 2.24) is 9.21 Å². The van der Waals surface area contributed by atoms with Crippen molar-refractivity contribution in [2.75, 3.05) is 27.2 Å². The van der Waals surface area contributed by atoms with Crippen LogP contribution in [0.3, 0.4) is 0 Å². The van der Waals surface area contributed by atoms with Gasteiger partial charge in [-0.25, -0.2) is 8.42 Å². The van der Waals surface area contributed by atoms with E-state index in [0.29, 0.717) is 24.0 Å². The summed E-state index contributed by atoms with van der Waals surface area (Å²) >= 11 is 0. The van der Waals surface area contributed by atoms with Crippen LogP contribution in [0.5, 0.6) is 0 Å². The quantitative estimate of drug-likeness (QED) is 0.840. The molecule has 25 heavy (non-hydrogen) atoms. The molecule has 1 saturated heterocycles. The second-order valence-electron chi connectivity index (χ2n) is 6.81. The molecule has 1 fully saturated rings. The molecule has 1 heterocycles. The van der Waals surface area contributed by atoms with Crippen LogP contribution >= 0.6 is 0 Å². The van der Waals surface area contributed by atoms with Crippen molar-refractivity contribution in [3.8, 4) is 11.1 Å². The Kier molecular flexibility index (Phi) is 5.57. The van der Waals surface area contributed by atoms with Gasteiger partial charge in [0.25, 0.3) is 0 Å². The minimum Gasteiger partial charge on any atom is -0.306 e.